The molecule has 0 radical (unpaired) electrons. The van der Waals surface area contributed by atoms with E-state index in [2.05, 4.69) is 10.3 Å². The normalized spacial score (nSPS) is 10.8. The van der Waals surface area contributed by atoms with Gasteiger partial charge in [-0.25, -0.2) is 13.9 Å². The van der Waals surface area contributed by atoms with E-state index in [4.69, 9.17) is 9.84 Å². The zero-order valence-electron chi connectivity index (χ0n) is 10.9. The Kier molecular flexibility index (Phi) is 3.02. The molecule has 0 saturated carbocycles. The highest BCUT2D eigenvalue weighted by Crippen LogP contribution is 2.27. The number of ether oxygens (including phenoxy) is 1. The average Bonchev–Trinajstić information content (AvgIpc) is 2.90. The Hall–Kier alpha value is -2.96. The number of fused-ring (bicyclic) bond motifs is 1. The zero-order chi connectivity index (χ0) is 15.0. The topological polar surface area (TPSA) is 77.2 Å². The van der Waals surface area contributed by atoms with Crippen molar-refractivity contribution in [1.29, 1.82) is 0 Å². The van der Waals surface area contributed by atoms with Crippen molar-refractivity contribution in [3.63, 3.8) is 0 Å². The molecule has 0 atom stereocenters. The summed E-state index contributed by atoms with van der Waals surface area (Å²) < 4.78 is 19.8. The molecule has 0 aliphatic rings. The molecule has 21 heavy (non-hydrogen) atoms. The molecule has 0 aliphatic carbocycles. The predicted molar refractivity (Wildman–Crippen MR) is 72.3 cm³/mol. The third-order valence-electron chi connectivity index (χ3n) is 3.08. The number of carboxylic acids is 1. The van der Waals surface area contributed by atoms with Gasteiger partial charge < -0.3 is 9.84 Å². The van der Waals surface area contributed by atoms with E-state index in [-0.39, 0.29) is 16.8 Å². The van der Waals surface area contributed by atoms with Crippen LogP contribution < -0.4 is 4.74 Å². The molecule has 1 heterocycles. The molecule has 0 saturated heterocycles. The molecule has 7 heteroatoms. The highest BCUT2D eigenvalue weighted by atomic mass is 19.1. The fourth-order valence-corrected chi connectivity index (χ4v) is 2.12. The minimum absolute atomic E-state index is 0.0554. The molecule has 0 amide bonds. The molecule has 0 fully saturated rings. The van der Waals surface area contributed by atoms with Crippen LogP contribution in [0.2, 0.25) is 0 Å². The van der Waals surface area contributed by atoms with Crippen LogP contribution in [0.3, 0.4) is 0 Å². The molecular weight excluding hydrogens is 277 g/mol. The van der Waals surface area contributed by atoms with E-state index >= 15 is 0 Å². The van der Waals surface area contributed by atoms with Crippen molar-refractivity contribution in [3.8, 4) is 11.4 Å². The van der Waals surface area contributed by atoms with Crippen molar-refractivity contribution in [1.82, 2.24) is 15.0 Å². The van der Waals surface area contributed by atoms with Crippen molar-refractivity contribution in [3.05, 3.63) is 47.8 Å². The molecule has 1 aromatic heterocycles. The number of methoxy groups -OCH3 is 1. The number of halogens is 1. The Bertz CT molecular complexity index is 845. The first-order valence-corrected chi connectivity index (χ1v) is 6.03. The van der Waals surface area contributed by atoms with Crippen molar-refractivity contribution in [2.45, 2.75) is 0 Å². The molecule has 2 aromatic carbocycles. The summed E-state index contributed by atoms with van der Waals surface area (Å²) in [4.78, 5) is 11.2. The van der Waals surface area contributed by atoms with Crippen LogP contribution in [0, 0.1) is 5.82 Å². The van der Waals surface area contributed by atoms with Gasteiger partial charge in [0.05, 0.1) is 18.2 Å². The van der Waals surface area contributed by atoms with Gasteiger partial charge in [0.1, 0.15) is 22.8 Å². The molecule has 3 rings (SSSR count). The smallest absolute Gasteiger partial charge is 0.338 e. The molecule has 106 valence electrons. The Morgan fingerprint density at radius 2 is 2.14 bits per heavy atom. The van der Waals surface area contributed by atoms with E-state index < -0.39 is 11.8 Å². The average molecular weight is 287 g/mol. The second-order valence-corrected chi connectivity index (χ2v) is 4.30. The first-order valence-electron chi connectivity index (χ1n) is 6.03. The summed E-state index contributed by atoms with van der Waals surface area (Å²) in [5.74, 6) is -1.24. The molecule has 0 unspecified atom stereocenters. The number of carboxylic acid groups (broad SMARTS) is 1. The van der Waals surface area contributed by atoms with Gasteiger partial charge in [-0.05, 0) is 24.3 Å². The largest absolute Gasteiger partial charge is 0.494 e. The number of aromatic nitrogens is 3. The van der Waals surface area contributed by atoms with E-state index in [0.29, 0.717) is 11.2 Å². The van der Waals surface area contributed by atoms with E-state index in [9.17, 15) is 9.18 Å². The van der Waals surface area contributed by atoms with Crippen molar-refractivity contribution in [2.75, 3.05) is 7.11 Å². The lowest BCUT2D eigenvalue weighted by Gasteiger charge is -2.08. The van der Waals surface area contributed by atoms with Crippen LogP contribution in [-0.2, 0) is 0 Å². The lowest BCUT2D eigenvalue weighted by atomic mass is 10.2. The highest BCUT2D eigenvalue weighted by molar-refractivity contribution is 6.01. The van der Waals surface area contributed by atoms with Gasteiger partial charge in [-0.2, -0.15) is 0 Å². The molecule has 0 bridgehead atoms. The lowest BCUT2D eigenvalue weighted by molar-refractivity contribution is 0.0699. The SMILES string of the molecule is COc1cc(F)ccc1-n1nnc2c(C(=O)O)cccc21. The number of nitrogens with zero attached hydrogens (tertiary/aromatic N) is 3. The van der Waals surface area contributed by atoms with Crippen LogP contribution in [0.5, 0.6) is 5.75 Å². The predicted octanol–water partition coefficient (Wildman–Crippen LogP) is 2.27. The van der Waals surface area contributed by atoms with Crippen LogP contribution in [0.4, 0.5) is 4.39 Å². The van der Waals surface area contributed by atoms with E-state index in [0.717, 1.165) is 0 Å². The summed E-state index contributed by atoms with van der Waals surface area (Å²) in [5.41, 5.74) is 1.29. The Morgan fingerprint density at radius 3 is 2.86 bits per heavy atom. The van der Waals surface area contributed by atoms with Gasteiger partial charge in [0.25, 0.3) is 0 Å². The third-order valence-corrected chi connectivity index (χ3v) is 3.08. The number of hydrogen-bond donors (Lipinski definition) is 1. The van der Waals surface area contributed by atoms with Crippen LogP contribution in [0.15, 0.2) is 36.4 Å². The summed E-state index contributed by atoms with van der Waals surface area (Å²) in [7, 11) is 1.42. The van der Waals surface area contributed by atoms with E-state index in [1.54, 1.807) is 12.1 Å². The Morgan fingerprint density at radius 1 is 1.33 bits per heavy atom. The van der Waals surface area contributed by atoms with E-state index in [1.165, 1.54) is 36.1 Å². The molecular formula is C14H10FN3O3. The molecule has 6 nitrogen and oxygen atoms in total. The quantitative estimate of drug-likeness (QED) is 0.799. The monoisotopic (exact) mass is 287 g/mol. The highest BCUT2D eigenvalue weighted by Gasteiger charge is 2.16. The maximum atomic E-state index is 13.3. The maximum absolute atomic E-state index is 13.3. The second kappa shape index (κ2) is 4.86. The fourth-order valence-electron chi connectivity index (χ4n) is 2.12. The standard InChI is InChI=1S/C14H10FN3O3/c1-21-12-7-8(15)5-6-10(12)18-11-4-2-3-9(14(19)20)13(11)16-17-18/h2-7H,1H3,(H,19,20). The molecule has 1 N–H and O–H groups in total. The van der Waals surface area contributed by atoms with Crippen molar-refractivity contribution >= 4 is 17.0 Å². The van der Waals surface area contributed by atoms with E-state index in [1.807, 2.05) is 0 Å². The fraction of sp³-hybridized carbons (Fsp3) is 0.0714. The van der Waals surface area contributed by atoms with Crippen molar-refractivity contribution in [2.24, 2.45) is 0 Å². The van der Waals surface area contributed by atoms with Crippen LogP contribution >= 0.6 is 0 Å². The van der Waals surface area contributed by atoms with Gasteiger partial charge in [-0.3, -0.25) is 0 Å². The Labute approximate surface area is 118 Å². The first-order chi connectivity index (χ1) is 10.1. The van der Waals surface area contributed by atoms with Gasteiger partial charge in [-0.1, -0.05) is 11.3 Å². The molecule has 0 spiro atoms. The van der Waals surface area contributed by atoms with Crippen LogP contribution in [0.1, 0.15) is 10.4 Å². The minimum Gasteiger partial charge on any atom is -0.494 e. The number of aromatic carboxylic acids is 1. The van der Waals surface area contributed by atoms with Crippen molar-refractivity contribution < 1.29 is 19.0 Å². The molecule has 0 aliphatic heterocycles. The number of benzene rings is 2. The molecule has 3 aromatic rings. The van der Waals surface area contributed by atoms with Crippen LogP contribution in [-0.4, -0.2) is 33.2 Å². The van der Waals surface area contributed by atoms with Gasteiger partial charge in [0, 0.05) is 6.07 Å². The van der Waals surface area contributed by atoms with Crippen LogP contribution in [0.25, 0.3) is 16.7 Å². The summed E-state index contributed by atoms with van der Waals surface area (Å²) in [6, 6.07) is 8.73. The summed E-state index contributed by atoms with van der Waals surface area (Å²) in [6.07, 6.45) is 0. The van der Waals surface area contributed by atoms with Gasteiger partial charge in [0.2, 0.25) is 0 Å². The summed E-state index contributed by atoms with van der Waals surface area (Å²) in [6.45, 7) is 0. The summed E-state index contributed by atoms with van der Waals surface area (Å²) >= 11 is 0. The van der Waals surface area contributed by atoms with Gasteiger partial charge >= 0.3 is 5.97 Å². The third kappa shape index (κ3) is 2.08. The number of carbonyl (C=O) groups is 1. The number of hydrogen-bond acceptors (Lipinski definition) is 4. The summed E-state index contributed by atoms with van der Waals surface area (Å²) in [5, 5.41) is 17.0. The second-order valence-electron chi connectivity index (χ2n) is 4.30. The van der Waals surface area contributed by atoms with Gasteiger partial charge in [0.15, 0.2) is 0 Å². The van der Waals surface area contributed by atoms with Gasteiger partial charge in [-0.15, -0.1) is 5.10 Å². The zero-order valence-corrected chi connectivity index (χ0v) is 10.9. The number of rotatable bonds is 3. The maximum Gasteiger partial charge on any atom is 0.338 e. The lowest BCUT2D eigenvalue weighted by Crippen LogP contribution is -2.01. The first kappa shape index (κ1) is 13.0. The Balaban J connectivity index is 2.27. The minimum atomic E-state index is -1.08.